The Labute approximate surface area is 152 Å². The van der Waals surface area contributed by atoms with Crippen LogP contribution >= 0.6 is 11.8 Å². The van der Waals surface area contributed by atoms with Crippen LogP contribution in [0.4, 0.5) is 11.5 Å². The van der Waals surface area contributed by atoms with Crippen molar-refractivity contribution in [2.45, 2.75) is 30.7 Å². The molecule has 0 radical (unpaired) electrons. The van der Waals surface area contributed by atoms with Crippen LogP contribution in [0.5, 0.6) is 0 Å². The zero-order valence-electron chi connectivity index (χ0n) is 14.2. The van der Waals surface area contributed by atoms with Gasteiger partial charge in [0.25, 0.3) is 0 Å². The van der Waals surface area contributed by atoms with Crippen LogP contribution in [-0.4, -0.2) is 41.3 Å². The molecule has 0 atom stereocenters. The zero-order chi connectivity index (χ0) is 17.1. The molecule has 1 saturated heterocycles. The van der Waals surface area contributed by atoms with Gasteiger partial charge in [-0.3, -0.25) is 4.79 Å². The summed E-state index contributed by atoms with van der Waals surface area (Å²) in [4.78, 5) is 25.6. The standard InChI is InChI=1S/C19H22N4OS/c24-19(23-11-5-7-15-6-1-2-8-16(15)23)13-25-18-12-17(20-14-21-18)22-9-3-4-10-22/h1-2,6,8,12,14H,3-5,7,9-11,13H2. The van der Waals surface area contributed by atoms with E-state index in [0.29, 0.717) is 5.75 Å². The molecule has 1 aromatic heterocycles. The SMILES string of the molecule is O=C(CSc1cc(N2CCCC2)ncn1)N1CCCc2ccccc21. The fourth-order valence-corrected chi connectivity index (χ4v) is 4.27. The predicted molar refractivity (Wildman–Crippen MR) is 101 cm³/mol. The van der Waals surface area contributed by atoms with Gasteiger partial charge in [-0.1, -0.05) is 30.0 Å². The Hall–Kier alpha value is -2.08. The van der Waals surface area contributed by atoms with E-state index in [1.807, 2.05) is 29.2 Å². The monoisotopic (exact) mass is 354 g/mol. The molecule has 0 N–H and O–H groups in total. The molecular weight excluding hydrogens is 332 g/mol. The molecule has 1 amide bonds. The van der Waals surface area contributed by atoms with E-state index in [2.05, 4.69) is 20.9 Å². The van der Waals surface area contributed by atoms with Gasteiger partial charge in [0, 0.05) is 31.4 Å². The molecule has 1 aromatic carbocycles. The molecular formula is C19H22N4OS. The van der Waals surface area contributed by atoms with E-state index in [1.165, 1.54) is 30.2 Å². The normalized spacial score (nSPS) is 16.8. The Bertz CT molecular complexity index is 761. The molecule has 25 heavy (non-hydrogen) atoms. The van der Waals surface area contributed by atoms with Crippen LogP contribution in [0, 0.1) is 0 Å². The number of hydrogen-bond acceptors (Lipinski definition) is 5. The highest BCUT2D eigenvalue weighted by Gasteiger charge is 2.22. The minimum absolute atomic E-state index is 0.151. The van der Waals surface area contributed by atoms with E-state index in [9.17, 15) is 4.79 Å². The maximum atomic E-state index is 12.7. The molecule has 0 aliphatic carbocycles. The number of carbonyl (C=O) groups is 1. The van der Waals surface area contributed by atoms with Gasteiger partial charge in [0.2, 0.25) is 5.91 Å². The van der Waals surface area contributed by atoms with Crippen molar-refractivity contribution in [3.8, 4) is 0 Å². The highest BCUT2D eigenvalue weighted by molar-refractivity contribution is 7.99. The largest absolute Gasteiger partial charge is 0.356 e. The Morgan fingerprint density at radius 1 is 1.08 bits per heavy atom. The average Bonchev–Trinajstić information content (AvgIpc) is 3.21. The number of anilines is 2. The summed E-state index contributed by atoms with van der Waals surface area (Å²) in [7, 11) is 0. The smallest absolute Gasteiger partial charge is 0.237 e. The topological polar surface area (TPSA) is 49.3 Å². The maximum absolute atomic E-state index is 12.7. The second-order valence-electron chi connectivity index (χ2n) is 6.47. The van der Waals surface area contributed by atoms with Crippen LogP contribution in [0.15, 0.2) is 41.7 Å². The molecule has 0 bridgehead atoms. The van der Waals surface area contributed by atoms with Crippen LogP contribution in [-0.2, 0) is 11.2 Å². The van der Waals surface area contributed by atoms with Crippen molar-refractivity contribution in [2.75, 3.05) is 35.2 Å². The quantitative estimate of drug-likeness (QED) is 0.624. The lowest BCUT2D eigenvalue weighted by molar-refractivity contribution is -0.116. The third-order valence-corrected chi connectivity index (χ3v) is 5.72. The van der Waals surface area contributed by atoms with Gasteiger partial charge in [0.15, 0.2) is 0 Å². The third-order valence-electron chi connectivity index (χ3n) is 4.81. The van der Waals surface area contributed by atoms with Gasteiger partial charge in [-0.15, -0.1) is 0 Å². The van der Waals surface area contributed by atoms with E-state index in [4.69, 9.17) is 0 Å². The summed E-state index contributed by atoms with van der Waals surface area (Å²) < 4.78 is 0. The van der Waals surface area contributed by atoms with Crippen LogP contribution in [0.3, 0.4) is 0 Å². The molecule has 2 aliphatic rings. The maximum Gasteiger partial charge on any atom is 0.237 e. The van der Waals surface area contributed by atoms with Crippen molar-refractivity contribution < 1.29 is 4.79 Å². The van der Waals surface area contributed by atoms with E-state index in [1.54, 1.807) is 6.33 Å². The molecule has 0 unspecified atom stereocenters. The zero-order valence-corrected chi connectivity index (χ0v) is 15.0. The first-order valence-electron chi connectivity index (χ1n) is 8.89. The molecule has 130 valence electrons. The van der Waals surface area contributed by atoms with Crippen molar-refractivity contribution >= 4 is 29.2 Å². The van der Waals surface area contributed by atoms with E-state index >= 15 is 0 Å². The molecule has 0 spiro atoms. The van der Waals surface area contributed by atoms with Gasteiger partial charge < -0.3 is 9.80 Å². The lowest BCUT2D eigenvalue weighted by Gasteiger charge is -2.29. The number of para-hydroxylation sites is 1. The first kappa shape index (κ1) is 16.4. The van der Waals surface area contributed by atoms with Crippen LogP contribution in [0.1, 0.15) is 24.8 Å². The highest BCUT2D eigenvalue weighted by atomic mass is 32.2. The van der Waals surface area contributed by atoms with Crippen LogP contribution in [0.25, 0.3) is 0 Å². The van der Waals surface area contributed by atoms with Crippen molar-refractivity contribution in [2.24, 2.45) is 0 Å². The molecule has 5 nitrogen and oxygen atoms in total. The number of nitrogens with zero attached hydrogens (tertiary/aromatic N) is 4. The summed E-state index contributed by atoms with van der Waals surface area (Å²) in [5, 5.41) is 0.871. The van der Waals surface area contributed by atoms with Crippen LogP contribution in [0.2, 0.25) is 0 Å². The first-order valence-corrected chi connectivity index (χ1v) is 9.88. The van der Waals surface area contributed by atoms with E-state index in [0.717, 1.165) is 49.0 Å². The number of benzene rings is 1. The lowest BCUT2D eigenvalue weighted by atomic mass is 10.0. The van der Waals surface area contributed by atoms with Crippen LogP contribution < -0.4 is 9.80 Å². The van der Waals surface area contributed by atoms with Crippen molar-refractivity contribution in [3.05, 3.63) is 42.2 Å². The number of carbonyl (C=O) groups excluding carboxylic acids is 1. The summed E-state index contributed by atoms with van der Waals surface area (Å²) in [6.07, 6.45) is 6.13. The van der Waals surface area contributed by atoms with Gasteiger partial charge >= 0.3 is 0 Å². The lowest BCUT2D eigenvalue weighted by Crippen LogP contribution is -2.36. The molecule has 4 rings (SSSR count). The molecule has 2 aliphatic heterocycles. The number of rotatable bonds is 4. The predicted octanol–water partition coefficient (Wildman–Crippen LogP) is 3.15. The molecule has 6 heteroatoms. The first-order chi connectivity index (χ1) is 12.3. The van der Waals surface area contributed by atoms with Crippen molar-refractivity contribution in [1.82, 2.24) is 9.97 Å². The fourth-order valence-electron chi connectivity index (χ4n) is 3.53. The number of fused-ring (bicyclic) bond motifs is 1. The number of aryl methyl sites for hydroxylation is 1. The minimum Gasteiger partial charge on any atom is -0.356 e. The fraction of sp³-hybridized carbons (Fsp3) is 0.421. The van der Waals surface area contributed by atoms with E-state index < -0.39 is 0 Å². The summed E-state index contributed by atoms with van der Waals surface area (Å²) >= 11 is 1.50. The van der Waals surface area contributed by atoms with Gasteiger partial charge in [-0.25, -0.2) is 9.97 Å². The second kappa shape index (κ2) is 7.44. The van der Waals surface area contributed by atoms with Crippen molar-refractivity contribution in [3.63, 3.8) is 0 Å². The third kappa shape index (κ3) is 3.63. The Morgan fingerprint density at radius 3 is 2.80 bits per heavy atom. The number of aromatic nitrogens is 2. The van der Waals surface area contributed by atoms with E-state index in [-0.39, 0.29) is 5.91 Å². The Kier molecular flexibility index (Phi) is 4.88. The highest BCUT2D eigenvalue weighted by Crippen LogP contribution is 2.28. The van der Waals surface area contributed by atoms with Gasteiger partial charge in [0.05, 0.1) is 5.75 Å². The number of thioether (sulfide) groups is 1. The second-order valence-corrected chi connectivity index (χ2v) is 7.47. The molecule has 2 aromatic rings. The molecule has 0 saturated carbocycles. The summed E-state index contributed by atoms with van der Waals surface area (Å²) in [5.41, 5.74) is 2.34. The van der Waals surface area contributed by atoms with Gasteiger partial charge in [-0.2, -0.15) is 0 Å². The van der Waals surface area contributed by atoms with Gasteiger partial charge in [0.1, 0.15) is 17.2 Å². The van der Waals surface area contributed by atoms with Gasteiger partial charge in [-0.05, 0) is 37.3 Å². The number of amides is 1. The minimum atomic E-state index is 0.151. The molecule has 3 heterocycles. The number of hydrogen-bond donors (Lipinski definition) is 0. The Morgan fingerprint density at radius 2 is 1.92 bits per heavy atom. The average molecular weight is 354 g/mol. The molecule has 1 fully saturated rings. The summed E-state index contributed by atoms with van der Waals surface area (Å²) in [5.74, 6) is 1.54. The van der Waals surface area contributed by atoms with Crippen molar-refractivity contribution in [1.29, 1.82) is 0 Å². The summed E-state index contributed by atoms with van der Waals surface area (Å²) in [6.45, 7) is 2.93. The summed E-state index contributed by atoms with van der Waals surface area (Å²) in [6, 6.07) is 10.2. The Balaban J connectivity index is 1.42.